The summed E-state index contributed by atoms with van der Waals surface area (Å²) in [5.74, 6) is -0.283. The predicted octanol–water partition coefficient (Wildman–Crippen LogP) is 3.52. The van der Waals surface area contributed by atoms with Gasteiger partial charge >= 0.3 is 5.97 Å². The van der Waals surface area contributed by atoms with E-state index in [1.807, 2.05) is 30.3 Å². The van der Waals surface area contributed by atoms with Gasteiger partial charge in [-0.25, -0.2) is 9.78 Å². The third-order valence-electron chi connectivity index (χ3n) is 4.15. The van der Waals surface area contributed by atoms with E-state index in [0.29, 0.717) is 30.5 Å². The van der Waals surface area contributed by atoms with Crippen molar-refractivity contribution in [2.45, 2.75) is 46.8 Å². The molecule has 2 N–H and O–H groups in total. The van der Waals surface area contributed by atoms with E-state index in [1.54, 1.807) is 0 Å². The first-order valence-corrected chi connectivity index (χ1v) is 8.40. The second-order valence-corrected chi connectivity index (χ2v) is 7.08. The minimum absolute atomic E-state index is 0.0934. The molecular formula is C19H26N2O4. The lowest BCUT2D eigenvalue weighted by Gasteiger charge is -2.28. The molecule has 6 heteroatoms. The molecule has 0 radical (unpaired) electrons. The number of aromatic carboxylic acids is 1. The highest BCUT2D eigenvalue weighted by Crippen LogP contribution is 2.19. The van der Waals surface area contributed by atoms with E-state index < -0.39 is 5.97 Å². The maximum Gasteiger partial charge on any atom is 0.373 e. The van der Waals surface area contributed by atoms with Crippen LogP contribution in [0.1, 0.15) is 49.8 Å². The van der Waals surface area contributed by atoms with Crippen LogP contribution in [0.4, 0.5) is 0 Å². The van der Waals surface area contributed by atoms with Crippen LogP contribution in [-0.4, -0.2) is 28.6 Å². The molecule has 0 aliphatic rings. The summed E-state index contributed by atoms with van der Waals surface area (Å²) in [7, 11) is 0. The number of nitrogens with zero attached hydrogens (tertiary/aromatic N) is 1. The fourth-order valence-electron chi connectivity index (χ4n) is 2.17. The summed E-state index contributed by atoms with van der Waals surface area (Å²) in [4.78, 5) is 15.7. The first-order valence-electron chi connectivity index (χ1n) is 8.40. The van der Waals surface area contributed by atoms with Crippen LogP contribution in [0.2, 0.25) is 0 Å². The van der Waals surface area contributed by atoms with E-state index >= 15 is 0 Å². The van der Waals surface area contributed by atoms with Gasteiger partial charge in [-0.2, -0.15) is 0 Å². The Labute approximate surface area is 148 Å². The molecule has 0 saturated carbocycles. The molecule has 1 aromatic carbocycles. The number of para-hydroxylation sites is 1. The predicted molar refractivity (Wildman–Crippen MR) is 94.9 cm³/mol. The Kier molecular flexibility index (Phi) is 6.20. The Morgan fingerprint density at radius 3 is 2.60 bits per heavy atom. The number of oxazole rings is 1. The van der Waals surface area contributed by atoms with Crippen molar-refractivity contribution in [2.24, 2.45) is 5.41 Å². The SMILES string of the molecule is CC(NCCc1nc(COc2ccccc2)oc1C(=O)O)C(C)(C)C. The highest BCUT2D eigenvalue weighted by atomic mass is 16.5. The Hall–Kier alpha value is -2.34. The van der Waals surface area contributed by atoms with Crippen LogP contribution in [-0.2, 0) is 13.0 Å². The molecule has 1 heterocycles. The number of hydrogen-bond donors (Lipinski definition) is 2. The van der Waals surface area contributed by atoms with Crippen LogP contribution in [0.25, 0.3) is 0 Å². The molecule has 1 aromatic heterocycles. The molecular weight excluding hydrogens is 320 g/mol. The van der Waals surface area contributed by atoms with E-state index in [2.05, 4.69) is 38.0 Å². The number of carboxylic acids is 1. The number of ether oxygens (including phenoxy) is 1. The number of carbonyl (C=O) groups is 1. The maximum atomic E-state index is 11.4. The summed E-state index contributed by atoms with van der Waals surface area (Å²) in [6.45, 7) is 9.30. The smallest absolute Gasteiger partial charge is 0.373 e. The normalized spacial score (nSPS) is 12.8. The molecule has 0 bridgehead atoms. The van der Waals surface area contributed by atoms with Crippen molar-refractivity contribution in [1.82, 2.24) is 10.3 Å². The highest BCUT2D eigenvalue weighted by molar-refractivity contribution is 5.85. The van der Waals surface area contributed by atoms with Gasteiger partial charge in [-0.1, -0.05) is 39.0 Å². The largest absolute Gasteiger partial charge is 0.484 e. The maximum absolute atomic E-state index is 11.4. The summed E-state index contributed by atoms with van der Waals surface area (Å²) < 4.78 is 10.9. The third-order valence-corrected chi connectivity index (χ3v) is 4.15. The van der Waals surface area contributed by atoms with Gasteiger partial charge in [-0.05, 0) is 24.5 Å². The van der Waals surface area contributed by atoms with E-state index in [9.17, 15) is 9.90 Å². The number of aromatic nitrogens is 1. The summed E-state index contributed by atoms with van der Waals surface area (Å²) in [5.41, 5.74) is 0.571. The van der Waals surface area contributed by atoms with Crippen molar-refractivity contribution in [3.8, 4) is 5.75 Å². The van der Waals surface area contributed by atoms with E-state index in [-0.39, 0.29) is 23.7 Å². The zero-order chi connectivity index (χ0) is 18.4. The highest BCUT2D eigenvalue weighted by Gasteiger charge is 2.22. The first kappa shape index (κ1) is 19.0. The summed E-state index contributed by atoms with van der Waals surface area (Å²) >= 11 is 0. The monoisotopic (exact) mass is 346 g/mol. The Morgan fingerprint density at radius 2 is 2.00 bits per heavy atom. The van der Waals surface area contributed by atoms with Crippen molar-refractivity contribution < 1.29 is 19.1 Å². The molecule has 0 aliphatic heterocycles. The second kappa shape index (κ2) is 8.16. The van der Waals surface area contributed by atoms with Crippen LogP contribution in [0.3, 0.4) is 0 Å². The Morgan fingerprint density at radius 1 is 1.32 bits per heavy atom. The molecule has 0 saturated heterocycles. The standard InChI is InChI=1S/C19H26N2O4/c1-13(19(2,3)4)20-11-10-15-17(18(22)23)25-16(21-15)12-24-14-8-6-5-7-9-14/h5-9,13,20H,10-12H2,1-4H3,(H,22,23). The lowest BCUT2D eigenvalue weighted by molar-refractivity contribution is 0.0656. The van der Waals surface area contributed by atoms with Crippen molar-refractivity contribution >= 4 is 5.97 Å². The van der Waals surface area contributed by atoms with E-state index in [1.165, 1.54) is 0 Å². The van der Waals surface area contributed by atoms with E-state index in [0.717, 1.165) is 0 Å². The van der Waals surface area contributed by atoms with Crippen LogP contribution in [0, 0.1) is 5.41 Å². The van der Waals surface area contributed by atoms with Crippen LogP contribution in [0.15, 0.2) is 34.7 Å². The number of hydrogen-bond acceptors (Lipinski definition) is 5. The molecule has 1 unspecified atom stereocenters. The van der Waals surface area contributed by atoms with Gasteiger partial charge in [0.2, 0.25) is 11.7 Å². The average Bonchev–Trinajstić information content (AvgIpc) is 2.96. The lowest BCUT2D eigenvalue weighted by atomic mass is 9.88. The average molecular weight is 346 g/mol. The fraction of sp³-hybridized carbons (Fsp3) is 0.474. The van der Waals surface area contributed by atoms with Gasteiger partial charge in [0.25, 0.3) is 0 Å². The number of carboxylic acid groups (broad SMARTS) is 1. The topological polar surface area (TPSA) is 84.6 Å². The number of benzene rings is 1. The molecule has 1 atom stereocenters. The van der Waals surface area contributed by atoms with Crippen molar-refractivity contribution in [3.05, 3.63) is 47.7 Å². The van der Waals surface area contributed by atoms with Crippen LogP contribution < -0.4 is 10.1 Å². The zero-order valence-electron chi connectivity index (χ0n) is 15.2. The van der Waals surface area contributed by atoms with Gasteiger partial charge in [0, 0.05) is 19.0 Å². The summed E-state index contributed by atoms with van der Waals surface area (Å²) in [6, 6.07) is 9.56. The van der Waals surface area contributed by atoms with Gasteiger partial charge in [0.1, 0.15) is 5.75 Å². The fourth-order valence-corrected chi connectivity index (χ4v) is 2.17. The van der Waals surface area contributed by atoms with Crippen molar-refractivity contribution in [2.75, 3.05) is 6.54 Å². The minimum Gasteiger partial charge on any atom is -0.484 e. The minimum atomic E-state index is -1.11. The van der Waals surface area contributed by atoms with Crippen LogP contribution in [0.5, 0.6) is 5.75 Å². The summed E-state index contributed by atoms with van der Waals surface area (Å²) in [6.07, 6.45) is 0.483. The molecule has 2 aromatic rings. The van der Waals surface area contributed by atoms with Crippen LogP contribution >= 0.6 is 0 Å². The zero-order valence-corrected chi connectivity index (χ0v) is 15.2. The molecule has 0 fully saturated rings. The first-order chi connectivity index (χ1) is 11.8. The molecule has 6 nitrogen and oxygen atoms in total. The summed E-state index contributed by atoms with van der Waals surface area (Å²) in [5, 5.41) is 12.7. The van der Waals surface area contributed by atoms with E-state index in [4.69, 9.17) is 9.15 Å². The molecule has 2 rings (SSSR count). The van der Waals surface area contributed by atoms with Gasteiger partial charge in [0.05, 0.1) is 5.69 Å². The van der Waals surface area contributed by atoms with Gasteiger partial charge in [-0.3, -0.25) is 0 Å². The quantitative estimate of drug-likeness (QED) is 0.761. The van der Waals surface area contributed by atoms with Gasteiger partial charge in [-0.15, -0.1) is 0 Å². The van der Waals surface area contributed by atoms with Gasteiger partial charge < -0.3 is 19.6 Å². The second-order valence-electron chi connectivity index (χ2n) is 7.08. The number of rotatable bonds is 8. The number of nitrogens with one attached hydrogen (secondary N) is 1. The third kappa shape index (κ3) is 5.60. The molecule has 0 aliphatic carbocycles. The van der Waals surface area contributed by atoms with Gasteiger partial charge in [0.15, 0.2) is 6.61 Å². The Balaban J connectivity index is 1.97. The molecule has 136 valence electrons. The lowest BCUT2D eigenvalue weighted by Crippen LogP contribution is -2.38. The molecule has 25 heavy (non-hydrogen) atoms. The Bertz CT molecular complexity index is 689. The van der Waals surface area contributed by atoms with Crippen molar-refractivity contribution in [3.63, 3.8) is 0 Å². The molecule has 0 spiro atoms. The van der Waals surface area contributed by atoms with Crippen molar-refractivity contribution in [1.29, 1.82) is 0 Å². The molecule has 0 amide bonds.